The van der Waals surface area contributed by atoms with E-state index < -0.39 is 17.7 Å². The molecule has 0 saturated carbocycles. The van der Waals surface area contributed by atoms with Crippen LogP contribution in [0, 0.1) is 0 Å². The molecule has 5 heterocycles. The van der Waals surface area contributed by atoms with Gasteiger partial charge in [-0.25, -0.2) is 0 Å². The molecule has 0 radical (unpaired) electrons. The van der Waals surface area contributed by atoms with Gasteiger partial charge in [-0.1, -0.05) is 0 Å². The molecule has 1 fully saturated rings. The fourth-order valence-corrected chi connectivity index (χ4v) is 5.55. The smallest absolute Gasteiger partial charge is 0.272 e. The molecule has 4 aromatic heterocycles. The van der Waals surface area contributed by atoms with Crippen LogP contribution < -0.4 is 21.3 Å². The molecule has 0 aromatic carbocycles. The van der Waals surface area contributed by atoms with Crippen LogP contribution in [0.1, 0.15) is 41.1 Å². The number of ether oxygens (including phenoxy) is 1. The molecule has 5 N–H and O–H groups in total. The zero-order valence-corrected chi connectivity index (χ0v) is 25.4. The van der Waals surface area contributed by atoms with Crippen molar-refractivity contribution in [3.63, 3.8) is 0 Å². The molecule has 44 heavy (non-hydrogen) atoms. The van der Waals surface area contributed by atoms with Crippen molar-refractivity contribution in [3.8, 4) is 5.75 Å². The van der Waals surface area contributed by atoms with Gasteiger partial charge in [0.2, 0.25) is 0 Å². The number of nitrogens with zero attached hydrogens (tertiary/aromatic N) is 4. The van der Waals surface area contributed by atoms with Gasteiger partial charge < -0.3 is 44.8 Å². The van der Waals surface area contributed by atoms with Crippen LogP contribution >= 0.6 is 11.3 Å². The first-order chi connectivity index (χ1) is 21.1. The van der Waals surface area contributed by atoms with Gasteiger partial charge in [0.1, 0.15) is 27.7 Å². The standard InChI is InChI=1S/C29H34N8O6S/c1-34-15-18(12-21(34)26(39)30-5-6-37-7-9-43-10-8-37)31-27(40)22-13-19(16-35(22)2)32-28(41)23-14-20(17-36(23)3)33-29(42)25-24(38)4-11-44-25/h4,11-17,38H,5-10H2,1-3H3,(H,30,39)(H,31,40)(H,32,41)(H,33,42). The predicted octanol–water partition coefficient (Wildman–Crippen LogP) is 2.29. The van der Waals surface area contributed by atoms with Crippen LogP contribution in [0.15, 0.2) is 48.2 Å². The number of aromatic hydroxyl groups is 1. The minimum atomic E-state index is -0.483. The predicted molar refractivity (Wildman–Crippen MR) is 166 cm³/mol. The lowest BCUT2D eigenvalue weighted by atomic mass is 10.3. The number of anilines is 3. The van der Waals surface area contributed by atoms with E-state index in [0.29, 0.717) is 42.5 Å². The second-order valence-corrected chi connectivity index (χ2v) is 11.3. The monoisotopic (exact) mass is 622 g/mol. The van der Waals surface area contributed by atoms with E-state index in [1.165, 1.54) is 12.1 Å². The highest BCUT2D eigenvalue weighted by molar-refractivity contribution is 7.12. The quantitative estimate of drug-likeness (QED) is 0.181. The number of hydrogen-bond acceptors (Lipinski definition) is 8. The summed E-state index contributed by atoms with van der Waals surface area (Å²) >= 11 is 1.11. The number of aromatic nitrogens is 3. The van der Waals surface area contributed by atoms with E-state index in [0.717, 1.165) is 31.0 Å². The van der Waals surface area contributed by atoms with Crippen LogP contribution in [-0.4, -0.2) is 86.7 Å². The topological polar surface area (TPSA) is 164 Å². The Kier molecular flexibility index (Phi) is 9.18. The number of nitrogens with one attached hydrogen (secondary N) is 4. The maximum absolute atomic E-state index is 13.1. The van der Waals surface area contributed by atoms with Gasteiger partial charge in [0, 0.05) is 65.9 Å². The number of carbonyl (C=O) groups excluding carboxylic acids is 4. The molecule has 232 valence electrons. The van der Waals surface area contributed by atoms with Gasteiger partial charge in [0.05, 0.1) is 30.3 Å². The van der Waals surface area contributed by atoms with Gasteiger partial charge in [-0.05, 0) is 29.6 Å². The Morgan fingerprint density at radius 1 is 0.773 bits per heavy atom. The van der Waals surface area contributed by atoms with E-state index in [1.54, 1.807) is 70.9 Å². The molecule has 4 aromatic rings. The number of aryl methyl sites for hydroxylation is 3. The Morgan fingerprint density at radius 3 is 1.73 bits per heavy atom. The van der Waals surface area contributed by atoms with Gasteiger partial charge in [-0.3, -0.25) is 24.1 Å². The third kappa shape index (κ3) is 7.02. The van der Waals surface area contributed by atoms with Crippen molar-refractivity contribution in [3.05, 3.63) is 70.2 Å². The number of thiophene rings is 1. The van der Waals surface area contributed by atoms with Crippen LogP contribution in [-0.2, 0) is 25.9 Å². The van der Waals surface area contributed by atoms with Gasteiger partial charge in [0.15, 0.2) is 0 Å². The molecule has 0 unspecified atom stereocenters. The summed E-state index contributed by atoms with van der Waals surface area (Å²) in [6.45, 7) is 4.32. The van der Waals surface area contributed by atoms with Crippen LogP contribution in [0.2, 0.25) is 0 Å². The highest BCUT2D eigenvalue weighted by atomic mass is 32.1. The Morgan fingerprint density at radius 2 is 1.25 bits per heavy atom. The summed E-state index contributed by atoms with van der Waals surface area (Å²) < 4.78 is 10.1. The normalized spacial score (nSPS) is 13.4. The van der Waals surface area contributed by atoms with E-state index in [-0.39, 0.29) is 27.9 Å². The molecular formula is C29H34N8O6S. The van der Waals surface area contributed by atoms with Gasteiger partial charge in [-0.15, -0.1) is 11.3 Å². The third-order valence-corrected chi connectivity index (χ3v) is 8.06. The summed E-state index contributed by atoms with van der Waals surface area (Å²) in [5.41, 5.74) is 2.20. The van der Waals surface area contributed by atoms with Crippen LogP contribution in [0.5, 0.6) is 5.75 Å². The summed E-state index contributed by atoms with van der Waals surface area (Å²) in [6, 6.07) is 6.10. The summed E-state index contributed by atoms with van der Waals surface area (Å²) in [4.78, 5) is 53.7. The highest BCUT2D eigenvalue weighted by Crippen LogP contribution is 2.25. The molecule has 0 atom stereocenters. The average Bonchev–Trinajstić information content (AvgIpc) is 3.76. The minimum Gasteiger partial charge on any atom is -0.506 e. The van der Waals surface area contributed by atoms with E-state index >= 15 is 0 Å². The van der Waals surface area contributed by atoms with Crippen molar-refractivity contribution in [1.29, 1.82) is 0 Å². The third-order valence-electron chi connectivity index (χ3n) is 7.15. The van der Waals surface area contributed by atoms with Crippen molar-refractivity contribution in [2.24, 2.45) is 21.1 Å². The fourth-order valence-electron chi connectivity index (χ4n) is 4.87. The summed E-state index contributed by atoms with van der Waals surface area (Å²) in [5, 5.41) is 22.6. The molecule has 4 amide bonds. The van der Waals surface area contributed by atoms with E-state index in [2.05, 4.69) is 26.2 Å². The van der Waals surface area contributed by atoms with Crippen LogP contribution in [0.3, 0.4) is 0 Å². The zero-order chi connectivity index (χ0) is 31.4. The molecule has 0 bridgehead atoms. The van der Waals surface area contributed by atoms with Gasteiger partial charge in [0.25, 0.3) is 23.6 Å². The number of carbonyl (C=O) groups is 4. The summed E-state index contributed by atoms with van der Waals surface area (Å²) in [6.07, 6.45) is 4.85. The van der Waals surface area contributed by atoms with E-state index in [1.807, 2.05) is 0 Å². The van der Waals surface area contributed by atoms with Crippen molar-refractivity contribution in [2.45, 2.75) is 0 Å². The fraction of sp³-hybridized carbons (Fsp3) is 0.310. The number of hydrogen-bond donors (Lipinski definition) is 5. The number of morpholine rings is 1. The molecule has 0 aliphatic carbocycles. The first kappa shape index (κ1) is 30.6. The number of rotatable bonds is 10. The second kappa shape index (κ2) is 13.2. The maximum atomic E-state index is 13.1. The Balaban J connectivity index is 1.17. The average molecular weight is 623 g/mol. The molecule has 1 aliphatic heterocycles. The SMILES string of the molecule is Cn1cc(NC(=O)c2cc(NC(=O)c3cc(NC(=O)c4sccc4O)cn3C)cn2C)cc1C(=O)NCCN1CCOCC1. The lowest BCUT2D eigenvalue weighted by Crippen LogP contribution is -2.41. The highest BCUT2D eigenvalue weighted by Gasteiger charge is 2.20. The molecule has 15 heteroatoms. The molecular weight excluding hydrogens is 588 g/mol. The van der Waals surface area contributed by atoms with Crippen molar-refractivity contribution < 1.29 is 29.0 Å². The maximum Gasteiger partial charge on any atom is 0.272 e. The molecule has 0 spiro atoms. The zero-order valence-electron chi connectivity index (χ0n) is 24.5. The van der Waals surface area contributed by atoms with Gasteiger partial charge >= 0.3 is 0 Å². The Bertz CT molecular complexity index is 1690. The lowest BCUT2D eigenvalue weighted by molar-refractivity contribution is 0.0383. The van der Waals surface area contributed by atoms with Crippen LogP contribution in [0.4, 0.5) is 17.1 Å². The Labute approximate surface area is 257 Å². The van der Waals surface area contributed by atoms with Crippen LogP contribution in [0.25, 0.3) is 0 Å². The first-order valence-corrected chi connectivity index (χ1v) is 14.7. The van der Waals surface area contributed by atoms with Crippen molar-refractivity contribution in [1.82, 2.24) is 23.9 Å². The molecule has 14 nitrogen and oxygen atoms in total. The Hall–Kier alpha value is -4.86. The van der Waals surface area contributed by atoms with E-state index in [4.69, 9.17) is 4.74 Å². The van der Waals surface area contributed by atoms with Crippen molar-refractivity contribution in [2.75, 3.05) is 55.3 Å². The minimum absolute atomic E-state index is 0.112. The van der Waals surface area contributed by atoms with Gasteiger partial charge in [-0.2, -0.15) is 0 Å². The molecule has 1 saturated heterocycles. The largest absolute Gasteiger partial charge is 0.506 e. The summed E-state index contributed by atoms with van der Waals surface area (Å²) in [5.74, 6) is -1.70. The summed E-state index contributed by atoms with van der Waals surface area (Å²) in [7, 11) is 5.07. The van der Waals surface area contributed by atoms with E-state index in [9.17, 15) is 24.3 Å². The molecule has 5 rings (SSSR count). The van der Waals surface area contributed by atoms with Crippen molar-refractivity contribution >= 4 is 52.0 Å². The lowest BCUT2D eigenvalue weighted by Gasteiger charge is -2.26. The first-order valence-electron chi connectivity index (χ1n) is 13.9. The second-order valence-electron chi connectivity index (χ2n) is 10.4. The number of amides is 4. The molecule has 1 aliphatic rings.